The molecule has 1 aromatic carbocycles. The van der Waals surface area contributed by atoms with Crippen LogP contribution < -0.4 is 10.1 Å². The molecule has 1 aliphatic carbocycles. The molecule has 2 aliphatic rings. The van der Waals surface area contributed by atoms with Crippen molar-refractivity contribution in [3.05, 3.63) is 29.3 Å². The molecule has 2 amide bonds. The van der Waals surface area contributed by atoms with Crippen molar-refractivity contribution in [1.82, 2.24) is 10.2 Å². The molecule has 0 saturated carbocycles. The first kappa shape index (κ1) is 15.8. The summed E-state index contributed by atoms with van der Waals surface area (Å²) in [6.07, 6.45) is 6.28. The number of fused-ring (bicyclic) bond motifs is 1. The number of hydrogen-bond donors (Lipinski definition) is 1. The van der Waals surface area contributed by atoms with Crippen molar-refractivity contribution in [2.45, 2.75) is 44.6 Å². The molecular weight excluding hydrogens is 292 g/mol. The van der Waals surface area contributed by atoms with E-state index in [1.165, 1.54) is 24.0 Å². The Labute approximate surface area is 137 Å². The summed E-state index contributed by atoms with van der Waals surface area (Å²) < 4.78 is 5.69. The van der Waals surface area contributed by atoms with Crippen LogP contribution in [-0.2, 0) is 22.4 Å². The number of ether oxygens (including phenoxy) is 1. The fourth-order valence-electron chi connectivity index (χ4n) is 3.53. The quantitative estimate of drug-likeness (QED) is 0.919. The number of carbonyl (C=O) groups is 2. The van der Waals surface area contributed by atoms with Gasteiger partial charge in [0.2, 0.25) is 5.91 Å². The van der Waals surface area contributed by atoms with E-state index in [1.807, 2.05) is 6.07 Å². The number of aryl methyl sites for hydroxylation is 2. The maximum atomic E-state index is 12.4. The summed E-state index contributed by atoms with van der Waals surface area (Å²) in [5.41, 5.74) is 2.74. The average Bonchev–Trinajstić information content (AvgIpc) is 3.08. The molecule has 0 bridgehead atoms. The maximum Gasteiger partial charge on any atom is 0.261 e. The number of likely N-dealkylation sites (tertiary alicyclic amines) is 1. The molecular formula is C18H24N2O3. The van der Waals surface area contributed by atoms with Crippen LogP contribution in [0.3, 0.4) is 0 Å². The molecule has 0 spiro atoms. The van der Waals surface area contributed by atoms with Gasteiger partial charge in [-0.3, -0.25) is 9.59 Å². The summed E-state index contributed by atoms with van der Waals surface area (Å²) in [6.45, 7) is 0.622. The van der Waals surface area contributed by atoms with Crippen molar-refractivity contribution in [3.63, 3.8) is 0 Å². The molecule has 124 valence electrons. The Balaban J connectivity index is 1.59. The lowest BCUT2D eigenvalue weighted by Gasteiger charge is -2.23. The van der Waals surface area contributed by atoms with E-state index in [4.69, 9.17) is 4.74 Å². The fraction of sp³-hybridized carbons (Fsp3) is 0.556. The molecule has 5 nitrogen and oxygen atoms in total. The molecule has 1 saturated heterocycles. The van der Waals surface area contributed by atoms with Crippen molar-refractivity contribution in [2.75, 3.05) is 20.2 Å². The van der Waals surface area contributed by atoms with E-state index in [1.54, 1.807) is 11.9 Å². The van der Waals surface area contributed by atoms with Crippen LogP contribution in [0, 0.1) is 0 Å². The lowest BCUT2D eigenvalue weighted by atomic mass is 9.92. The number of amides is 2. The van der Waals surface area contributed by atoms with Crippen LogP contribution in [0.5, 0.6) is 5.75 Å². The normalized spacial score (nSPS) is 20.0. The summed E-state index contributed by atoms with van der Waals surface area (Å²) >= 11 is 0. The minimum atomic E-state index is -0.348. The molecule has 3 rings (SSSR count). The predicted octanol–water partition coefficient (Wildman–Crippen LogP) is 1.68. The number of hydrogen-bond acceptors (Lipinski definition) is 3. The third-order valence-corrected chi connectivity index (χ3v) is 4.80. The number of nitrogens with zero attached hydrogens (tertiary/aromatic N) is 1. The Hall–Kier alpha value is -2.04. The second-order valence-electron chi connectivity index (χ2n) is 6.29. The Morgan fingerprint density at radius 1 is 1.22 bits per heavy atom. The fourth-order valence-corrected chi connectivity index (χ4v) is 3.53. The van der Waals surface area contributed by atoms with Crippen LogP contribution >= 0.6 is 0 Å². The number of likely N-dealkylation sites (N-methyl/N-ethyl adjacent to an activating group) is 1. The Bertz CT molecular complexity index is 600. The molecule has 1 aliphatic heterocycles. The summed E-state index contributed by atoms with van der Waals surface area (Å²) in [5.74, 6) is 0.535. The minimum Gasteiger partial charge on any atom is -0.484 e. The first-order chi connectivity index (χ1) is 11.2. The van der Waals surface area contributed by atoms with Gasteiger partial charge in [-0.05, 0) is 61.8 Å². The van der Waals surface area contributed by atoms with Crippen molar-refractivity contribution >= 4 is 11.8 Å². The largest absolute Gasteiger partial charge is 0.484 e. The summed E-state index contributed by atoms with van der Waals surface area (Å²) in [4.78, 5) is 25.8. The molecule has 1 atom stereocenters. The van der Waals surface area contributed by atoms with Gasteiger partial charge in [-0.1, -0.05) is 6.07 Å². The summed E-state index contributed by atoms with van der Waals surface area (Å²) in [7, 11) is 1.60. The molecule has 1 fully saturated rings. The van der Waals surface area contributed by atoms with Gasteiger partial charge in [-0.15, -0.1) is 0 Å². The summed E-state index contributed by atoms with van der Waals surface area (Å²) in [6, 6.07) is 5.76. The highest BCUT2D eigenvalue weighted by atomic mass is 16.5. The van der Waals surface area contributed by atoms with Gasteiger partial charge in [0.05, 0.1) is 0 Å². The molecule has 0 radical (unpaired) electrons. The maximum absolute atomic E-state index is 12.4. The van der Waals surface area contributed by atoms with E-state index >= 15 is 0 Å². The van der Waals surface area contributed by atoms with E-state index in [0.29, 0.717) is 6.54 Å². The zero-order chi connectivity index (χ0) is 16.2. The lowest BCUT2D eigenvalue weighted by molar-refractivity contribution is -0.139. The highest BCUT2D eigenvalue weighted by molar-refractivity contribution is 5.88. The van der Waals surface area contributed by atoms with Crippen LogP contribution in [0.1, 0.15) is 36.8 Å². The van der Waals surface area contributed by atoms with Crippen LogP contribution in [0.15, 0.2) is 18.2 Å². The van der Waals surface area contributed by atoms with E-state index in [0.717, 1.165) is 31.4 Å². The Morgan fingerprint density at radius 2 is 2.00 bits per heavy atom. The van der Waals surface area contributed by atoms with Crippen molar-refractivity contribution in [3.8, 4) is 5.75 Å². The SMILES string of the molecule is CNC(=O)C1CCCN1C(=O)COc1ccc2c(c1)CCCC2. The van der Waals surface area contributed by atoms with Crippen LogP contribution in [-0.4, -0.2) is 43.0 Å². The van der Waals surface area contributed by atoms with Crippen molar-refractivity contribution in [1.29, 1.82) is 0 Å². The Morgan fingerprint density at radius 3 is 2.78 bits per heavy atom. The zero-order valence-corrected chi connectivity index (χ0v) is 13.6. The van der Waals surface area contributed by atoms with E-state index < -0.39 is 0 Å². The number of benzene rings is 1. The van der Waals surface area contributed by atoms with Gasteiger partial charge in [-0.2, -0.15) is 0 Å². The second-order valence-corrected chi connectivity index (χ2v) is 6.29. The third kappa shape index (κ3) is 3.49. The van der Waals surface area contributed by atoms with E-state index in [-0.39, 0.29) is 24.5 Å². The molecule has 1 unspecified atom stereocenters. The molecule has 1 heterocycles. The number of rotatable bonds is 4. The number of carbonyl (C=O) groups excluding carboxylic acids is 2. The minimum absolute atomic E-state index is 0.00766. The molecule has 0 aromatic heterocycles. The van der Waals surface area contributed by atoms with Crippen LogP contribution in [0.2, 0.25) is 0 Å². The molecule has 1 aromatic rings. The van der Waals surface area contributed by atoms with Gasteiger partial charge >= 0.3 is 0 Å². The standard InChI is InChI=1S/C18H24N2O3/c1-19-18(22)16-7-4-10-20(16)17(21)12-23-15-9-8-13-5-2-3-6-14(13)11-15/h8-9,11,16H,2-7,10,12H2,1H3,(H,19,22). The van der Waals surface area contributed by atoms with Crippen LogP contribution in [0.25, 0.3) is 0 Å². The van der Waals surface area contributed by atoms with Gasteiger partial charge in [0, 0.05) is 13.6 Å². The van der Waals surface area contributed by atoms with Crippen molar-refractivity contribution in [2.24, 2.45) is 0 Å². The summed E-state index contributed by atoms with van der Waals surface area (Å²) in [5, 5.41) is 2.63. The molecule has 5 heteroatoms. The zero-order valence-electron chi connectivity index (χ0n) is 13.6. The number of nitrogens with one attached hydrogen (secondary N) is 1. The molecule has 23 heavy (non-hydrogen) atoms. The first-order valence-electron chi connectivity index (χ1n) is 8.44. The van der Waals surface area contributed by atoms with E-state index in [9.17, 15) is 9.59 Å². The second kappa shape index (κ2) is 7.02. The smallest absolute Gasteiger partial charge is 0.261 e. The first-order valence-corrected chi connectivity index (χ1v) is 8.44. The van der Waals surface area contributed by atoms with Gasteiger partial charge in [-0.25, -0.2) is 0 Å². The third-order valence-electron chi connectivity index (χ3n) is 4.80. The highest BCUT2D eigenvalue weighted by Gasteiger charge is 2.33. The predicted molar refractivity (Wildman–Crippen MR) is 87.4 cm³/mol. The highest BCUT2D eigenvalue weighted by Crippen LogP contribution is 2.25. The lowest BCUT2D eigenvalue weighted by Crippen LogP contribution is -2.46. The van der Waals surface area contributed by atoms with Gasteiger partial charge in [0.1, 0.15) is 11.8 Å². The van der Waals surface area contributed by atoms with Crippen molar-refractivity contribution < 1.29 is 14.3 Å². The van der Waals surface area contributed by atoms with Gasteiger partial charge < -0.3 is 15.0 Å². The van der Waals surface area contributed by atoms with Crippen LogP contribution in [0.4, 0.5) is 0 Å². The topological polar surface area (TPSA) is 58.6 Å². The average molecular weight is 316 g/mol. The van der Waals surface area contributed by atoms with E-state index in [2.05, 4.69) is 17.4 Å². The van der Waals surface area contributed by atoms with Gasteiger partial charge in [0.25, 0.3) is 5.91 Å². The Kier molecular flexibility index (Phi) is 4.84. The van der Waals surface area contributed by atoms with Gasteiger partial charge in [0.15, 0.2) is 6.61 Å². The monoisotopic (exact) mass is 316 g/mol. The molecule has 1 N–H and O–H groups in total.